The van der Waals surface area contributed by atoms with Crippen LogP contribution < -0.4 is 10.5 Å². The van der Waals surface area contributed by atoms with Crippen LogP contribution in [0.15, 0.2) is 35.4 Å². The Kier molecular flexibility index (Phi) is 6.33. The lowest BCUT2D eigenvalue weighted by Gasteiger charge is -2.31. The Morgan fingerprint density at radius 1 is 1.17 bits per heavy atom. The zero-order chi connectivity index (χ0) is 25.6. The van der Waals surface area contributed by atoms with E-state index in [0.717, 1.165) is 12.8 Å². The molecule has 4 heterocycles. The third kappa shape index (κ3) is 4.39. The fourth-order valence-electron chi connectivity index (χ4n) is 4.51. The molecule has 1 unspecified atom stereocenters. The maximum atomic E-state index is 13.7. The van der Waals surface area contributed by atoms with Crippen molar-refractivity contribution in [3.05, 3.63) is 74.4 Å². The molecule has 1 aromatic carbocycles. The average Bonchev–Trinajstić information content (AvgIpc) is 3.28. The fourth-order valence-corrected chi connectivity index (χ4v) is 4.77. The SMILES string of the molecule is O=C(c1cc(F)ccc1C(F)(F)F)c1cnc2n1CCN(c1cnn(C3CCCCO3)c(=O)c1Cl)C2. The Balaban J connectivity index is 1.42. The molecule has 0 radical (unpaired) electrons. The summed E-state index contributed by atoms with van der Waals surface area (Å²) in [6.07, 6.45) is -0.183. The molecule has 2 aromatic heterocycles. The lowest BCUT2D eigenvalue weighted by atomic mass is 10.0. The second-order valence-electron chi connectivity index (χ2n) is 8.56. The number of hydrogen-bond acceptors (Lipinski definition) is 6. The smallest absolute Gasteiger partial charge is 0.360 e. The zero-order valence-corrected chi connectivity index (χ0v) is 19.5. The number of nitrogens with zero attached hydrogens (tertiary/aromatic N) is 5. The van der Waals surface area contributed by atoms with E-state index < -0.39 is 40.7 Å². The highest BCUT2D eigenvalue weighted by Crippen LogP contribution is 2.34. The molecule has 2 aliphatic heterocycles. The van der Waals surface area contributed by atoms with Crippen LogP contribution in [0.3, 0.4) is 0 Å². The first kappa shape index (κ1) is 24.4. The Morgan fingerprint density at radius 3 is 2.69 bits per heavy atom. The van der Waals surface area contributed by atoms with E-state index in [0.29, 0.717) is 42.7 Å². The van der Waals surface area contributed by atoms with E-state index in [4.69, 9.17) is 16.3 Å². The number of carbonyl (C=O) groups is 1. The van der Waals surface area contributed by atoms with E-state index in [2.05, 4.69) is 10.1 Å². The van der Waals surface area contributed by atoms with Crippen LogP contribution in [-0.4, -0.2) is 38.3 Å². The molecule has 2 aliphatic rings. The van der Waals surface area contributed by atoms with Crippen LogP contribution in [0.1, 0.15) is 52.9 Å². The van der Waals surface area contributed by atoms with Crippen molar-refractivity contribution in [1.29, 1.82) is 0 Å². The highest BCUT2D eigenvalue weighted by molar-refractivity contribution is 6.33. The van der Waals surface area contributed by atoms with Gasteiger partial charge in [-0.3, -0.25) is 9.59 Å². The number of benzene rings is 1. The highest BCUT2D eigenvalue weighted by atomic mass is 35.5. The molecule has 0 spiro atoms. The van der Waals surface area contributed by atoms with Crippen molar-refractivity contribution < 1.29 is 27.1 Å². The monoisotopic (exact) mass is 525 g/mol. The van der Waals surface area contributed by atoms with Crippen LogP contribution >= 0.6 is 11.6 Å². The number of rotatable bonds is 4. The molecule has 0 N–H and O–H groups in total. The van der Waals surface area contributed by atoms with Gasteiger partial charge >= 0.3 is 6.18 Å². The number of imidazole rings is 1. The van der Waals surface area contributed by atoms with Crippen molar-refractivity contribution in [2.24, 2.45) is 0 Å². The number of hydrogen-bond donors (Lipinski definition) is 0. The first-order valence-electron chi connectivity index (χ1n) is 11.2. The molecule has 3 aromatic rings. The second kappa shape index (κ2) is 9.32. The van der Waals surface area contributed by atoms with Gasteiger partial charge in [0.25, 0.3) is 5.56 Å². The van der Waals surface area contributed by atoms with Gasteiger partial charge in [0.05, 0.1) is 30.2 Å². The molecule has 13 heteroatoms. The number of anilines is 1. The minimum absolute atomic E-state index is 0.0370. The van der Waals surface area contributed by atoms with Gasteiger partial charge in [-0.05, 0) is 37.5 Å². The van der Waals surface area contributed by atoms with Crippen molar-refractivity contribution in [2.45, 2.75) is 44.8 Å². The summed E-state index contributed by atoms with van der Waals surface area (Å²) in [7, 11) is 0. The van der Waals surface area contributed by atoms with Crippen molar-refractivity contribution >= 4 is 23.1 Å². The molecular formula is C23H20ClF4N5O3. The van der Waals surface area contributed by atoms with Crippen molar-refractivity contribution in [2.75, 3.05) is 18.1 Å². The number of aromatic nitrogens is 4. The molecule has 0 aliphatic carbocycles. The summed E-state index contributed by atoms with van der Waals surface area (Å²) in [5.74, 6) is -1.55. The summed E-state index contributed by atoms with van der Waals surface area (Å²) in [5.41, 5.74) is -2.21. The molecule has 1 atom stereocenters. The summed E-state index contributed by atoms with van der Waals surface area (Å²) in [5, 5.41) is 4.20. The zero-order valence-electron chi connectivity index (χ0n) is 18.8. The quantitative estimate of drug-likeness (QED) is 0.375. The summed E-state index contributed by atoms with van der Waals surface area (Å²) >= 11 is 6.39. The minimum atomic E-state index is -4.83. The van der Waals surface area contributed by atoms with Crippen molar-refractivity contribution in [3.8, 4) is 0 Å². The van der Waals surface area contributed by atoms with Gasteiger partial charge in [0.2, 0.25) is 5.78 Å². The van der Waals surface area contributed by atoms with Crippen molar-refractivity contribution in [3.63, 3.8) is 0 Å². The molecule has 0 amide bonds. The molecule has 190 valence electrons. The van der Waals surface area contributed by atoms with Gasteiger partial charge in [0.1, 0.15) is 22.4 Å². The Morgan fingerprint density at radius 2 is 1.97 bits per heavy atom. The standard InChI is InChI=1S/C23H20ClF4N5O3/c24-20-16(11-30-33(22(20)35)19-3-1-2-8-36-19)31-6-7-32-17(10-29-18(32)12-31)21(34)14-9-13(25)4-5-15(14)23(26,27)28/h4-5,9-11,19H,1-3,6-8,12H2. The minimum Gasteiger partial charge on any atom is -0.360 e. The molecule has 0 saturated carbocycles. The van der Waals surface area contributed by atoms with E-state index >= 15 is 0 Å². The van der Waals surface area contributed by atoms with E-state index in [-0.39, 0.29) is 30.4 Å². The molecule has 8 nitrogen and oxygen atoms in total. The van der Waals surface area contributed by atoms with E-state index in [1.165, 1.54) is 21.6 Å². The third-order valence-electron chi connectivity index (χ3n) is 6.32. The van der Waals surface area contributed by atoms with Crippen LogP contribution in [0.4, 0.5) is 23.2 Å². The molecule has 1 saturated heterocycles. The lowest BCUT2D eigenvalue weighted by Crippen LogP contribution is -2.37. The number of alkyl halides is 3. The van der Waals surface area contributed by atoms with Gasteiger partial charge in [-0.1, -0.05) is 11.6 Å². The number of ketones is 1. The predicted molar refractivity (Wildman–Crippen MR) is 120 cm³/mol. The molecular weight excluding hydrogens is 506 g/mol. The summed E-state index contributed by atoms with van der Waals surface area (Å²) in [6, 6.07) is 1.79. The first-order chi connectivity index (χ1) is 17.1. The molecule has 5 rings (SSSR count). The topological polar surface area (TPSA) is 82.2 Å². The predicted octanol–water partition coefficient (Wildman–Crippen LogP) is 4.20. The summed E-state index contributed by atoms with van der Waals surface area (Å²) in [6.45, 7) is 1.13. The highest BCUT2D eigenvalue weighted by Gasteiger charge is 2.37. The number of ether oxygens (including phenoxy) is 1. The second-order valence-corrected chi connectivity index (χ2v) is 8.94. The molecule has 0 bridgehead atoms. The van der Waals surface area contributed by atoms with Crippen LogP contribution in [0.2, 0.25) is 5.02 Å². The third-order valence-corrected chi connectivity index (χ3v) is 6.68. The normalized spacial score (nSPS) is 18.2. The first-order valence-corrected chi connectivity index (χ1v) is 11.6. The Bertz CT molecular complexity index is 1380. The van der Waals surface area contributed by atoms with Gasteiger partial charge in [0, 0.05) is 25.3 Å². The Hall–Kier alpha value is -3.25. The van der Waals surface area contributed by atoms with Gasteiger partial charge in [0.15, 0.2) is 6.23 Å². The lowest BCUT2D eigenvalue weighted by molar-refractivity contribution is -0.137. The van der Waals surface area contributed by atoms with Gasteiger partial charge < -0.3 is 14.2 Å². The summed E-state index contributed by atoms with van der Waals surface area (Å²) < 4.78 is 62.3. The van der Waals surface area contributed by atoms with Gasteiger partial charge in [-0.2, -0.15) is 23.0 Å². The largest absolute Gasteiger partial charge is 0.417 e. The van der Waals surface area contributed by atoms with Crippen LogP contribution in [0.25, 0.3) is 0 Å². The molecule has 36 heavy (non-hydrogen) atoms. The maximum Gasteiger partial charge on any atom is 0.417 e. The van der Waals surface area contributed by atoms with Gasteiger partial charge in [-0.25, -0.2) is 9.37 Å². The van der Waals surface area contributed by atoms with Crippen LogP contribution in [0.5, 0.6) is 0 Å². The van der Waals surface area contributed by atoms with E-state index in [1.54, 1.807) is 4.90 Å². The van der Waals surface area contributed by atoms with Crippen molar-refractivity contribution in [1.82, 2.24) is 19.3 Å². The van der Waals surface area contributed by atoms with E-state index in [1.807, 2.05) is 0 Å². The van der Waals surface area contributed by atoms with Gasteiger partial charge in [-0.15, -0.1) is 0 Å². The van der Waals surface area contributed by atoms with Crippen LogP contribution in [-0.2, 0) is 24.0 Å². The average molecular weight is 526 g/mol. The number of carbonyl (C=O) groups excluding carboxylic acids is 1. The number of halogens is 5. The summed E-state index contributed by atoms with van der Waals surface area (Å²) in [4.78, 5) is 31.8. The number of fused-ring (bicyclic) bond motifs is 1. The fraction of sp³-hybridized carbons (Fsp3) is 0.391. The Labute approximate surface area is 207 Å². The molecule has 1 fully saturated rings. The van der Waals surface area contributed by atoms with Crippen LogP contribution in [0, 0.1) is 5.82 Å². The maximum absolute atomic E-state index is 13.7. The van der Waals surface area contributed by atoms with E-state index in [9.17, 15) is 27.2 Å².